The number of Topliss-reactive ketones (excluding diaryl/α,β-unsaturated/α-hetero) is 1. The van der Waals surface area contributed by atoms with Crippen molar-refractivity contribution >= 4 is 53.1 Å². The van der Waals surface area contributed by atoms with Crippen molar-refractivity contribution in [3.8, 4) is 0 Å². The maximum Gasteiger partial charge on any atom is 0.434 e. The summed E-state index contributed by atoms with van der Waals surface area (Å²) in [7, 11) is 0. The second kappa shape index (κ2) is 16.5. The molecule has 0 radical (unpaired) electrons. The predicted molar refractivity (Wildman–Crippen MR) is 149 cm³/mol. The molecule has 0 fully saturated rings. The SMILES string of the molecule is CC(=O)NC(CSC(CC(=O)CC(SCC(NC(C)=O)C(=O)O)c1cncc(C(F)(F)F)n1)c1cncc(C(F)(F)F)n1)C(=O)O. The lowest BCUT2D eigenvalue weighted by atomic mass is 10.1. The van der Waals surface area contributed by atoms with E-state index in [0.717, 1.165) is 26.2 Å². The van der Waals surface area contributed by atoms with E-state index in [0.29, 0.717) is 35.9 Å². The number of thioether (sulfide) groups is 2. The number of alkyl halides is 6. The van der Waals surface area contributed by atoms with E-state index in [9.17, 15) is 60.5 Å². The third-order valence-electron chi connectivity index (χ3n) is 5.65. The second-order valence-corrected chi connectivity index (χ2v) is 11.9. The zero-order chi connectivity index (χ0) is 34.8. The van der Waals surface area contributed by atoms with Crippen LogP contribution in [0, 0.1) is 0 Å². The molecule has 2 amide bonds. The highest BCUT2D eigenvalue weighted by molar-refractivity contribution is 7.99. The summed E-state index contributed by atoms with van der Waals surface area (Å²) in [6, 6.07) is -3.02. The third kappa shape index (κ3) is 12.4. The summed E-state index contributed by atoms with van der Waals surface area (Å²) in [5.74, 6) is -6.03. The number of carboxylic acids is 2. The number of aliphatic carboxylic acids is 2. The number of carbonyl (C=O) groups is 5. The number of carbonyl (C=O) groups excluding carboxylic acids is 3. The molecule has 2 heterocycles. The summed E-state index contributed by atoms with van der Waals surface area (Å²) in [6.07, 6.45) is -8.43. The van der Waals surface area contributed by atoms with Crippen LogP contribution < -0.4 is 10.6 Å². The molecule has 0 aliphatic rings. The molecule has 4 atom stereocenters. The summed E-state index contributed by atoms with van der Waals surface area (Å²) in [5.41, 5.74) is -3.57. The largest absolute Gasteiger partial charge is 0.480 e. The highest BCUT2D eigenvalue weighted by Gasteiger charge is 2.36. The fourth-order valence-electron chi connectivity index (χ4n) is 3.61. The zero-order valence-electron chi connectivity index (χ0n) is 23.8. The van der Waals surface area contributed by atoms with Crippen LogP contribution in [0.5, 0.6) is 0 Å². The topological polar surface area (TPSA) is 201 Å². The van der Waals surface area contributed by atoms with Gasteiger partial charge in [-0.1, -0.05) is 0 Å². The number of hydrogen-bond donors (Lipinski definition) is 4. The average molecular weight is 701 g/mol. The zero-order valence-corrected chi connectivity index (χ0v) is 25.4. The van der Waals surface area contributed by atoms with Crippen molar-refractivity contribution in [2.24, 2.45) is 0 Å². The lowest BCUT2D eigenvalue weighted by Crippen LogP contribution is -2.41. The van der Waals surface area contributed by atoms with E-state index < -0.39 is 100 Å². The molecule has 0 saturated heterocycles. The van der Waals surface area contributed by atoms with Crippen molar-refractivity contribution in [1.29, 1.82) is 0 Å². The van der Waals surface area contributed by atoms with Gasteiger partial charge < -0.3 is 20.8 Å². The lowest BCUT2D eigenvalue weighted by Gasteiger charge is -2.22. The molecule has 252 valence electrons. The molecule has 0 spiro atoms. The number of amides is 2. The first-order valence-corrected chi connectivity index (χ1v) is 14.9. The number of halogens is 6. The third-order valence-corrected chi connectivity index (χ3v) is 8.33. The normalized spacial score (nSPS) is 14.4. The van der Waals surface area contributed by atoms with Crippen LogP contribution in [0.25, 0.3) is 0 Å². The minimum atomic E-state index is -4.93. The van der Waals surface area contributed by atoms with Gasteiger partial charge in [0.2, 0.25) is 11.8 Å². The molecule has 0 bridgehead atoms. The molecule has 0 aromatic carbocycles. The number of rotatable bonds is 16. The minimum absolute atomic E-state index is 0.375. The van der Waals surface area contributed by atoms with Crippen LogP contribution in [0.2, 0.25) is 0 Å². The Balaban J connectivity index is 2.44. The van der Waals surface area contributed by atoms with E-state index in [1.54, 1.807) is 0 Å². The molecule has 46 heavy (non-hydrogen) atoms. The Labute approximate surface area is 264 Å². The van der Waals surface area contributed by atoms with Gasteiger partial charge >= 0.3 is 24.3 Å². The Morgan fingerprint density at radius 3 is 1.33 bits per heavy atom. The summed E-state index contributed by atoms with van der Waals surface area (Å²) < 4.78 is 80.1. The van der Waals surface area contributed by atoms with E-state index >= 15 is 0 Å². The summed E-state index contributed by atoms with van der Waals surface area (Å²) >= 11 is 1.33. The van der Waals surface area contributed by atoms with Gasteiger partial charge in [0.1, 0.15) is 17.9 Å². The quantitative estimate of drug-likeness (QED) is 0.186. The van der Waals surface area contributed by atoms with Crippen LogP contribution in [0.15, 0.2) is 24.8 Å². The molecular weight excluding hydrogens is 674 g/mol. The van der Waals surface area contributed by atoms with Crippen LogP contribution in [-0.2, 0) is 36.3 Å². The Kier molecular flexibility index (Phi) is 13.7. The first-order valence-electron chi connectivity index (χ1n) is 12.8. The van der Waals surface area contributed by atoms with E-state index in [2.05, 4.69) is 30.6 Å². The average Bonchev–Trinajstić information content (AvgIpc) is 2.94. The van der Waals surface area contributed by atoms with Crippen molar-refractivity contribution < 1.29 is 60.5 Å². The van der Waals surface area contributed by atoms with Crippen LogP contribution in [0.3, 0.4) is 0 Å². The van der Waals surface area contributed by atoms with Gasteiger partial charge in [-0.15, -0.1) is 23.5 Å². The molecule has 0 aliphatic heterocycles. The van der Waals surface area contributed by atoms with Gasteiger partial charge in [-0.3, -0.25) is 24.4 Å². The van der Waals surface area contributed by atoms with Crippen molar-refractivity contribution in [3.63, 3.8) is 0 Å². The Morgan fingerprint density at radius 1 is 0.696 bits per heavy atom. The first-order chi connectivity index (χ1) is 21.3. The summed E-state index contributed by atoms with van der Waals surface area (Å²) in [5, 5.41) is 20.6. The monoisotopic (exact) mass is 700 g/mol. The van der Waals surface area contributed by atoms with E-state index in [1.807, 2.05) is 0 Å². The number of nitrogens with one attached hydrogen (secondary N) is 2. The van der Waals surface area contributed by atoms with Crippen LogP contribution in [0.1, 0.15) is 60.0 Å². The smallest absolute Gasteiger partial charge is 0.434 e. The summed E-state index contributed by atoms with van der Waals surface area (Å²) in [6.45, 7) is 2.07. The lowest BCUT2D eigenvalue weighted by molar-refractivity contribution is -0.142. The molecule has 2 aromatic rings. The highest BCUT2D eigenvalue weighted by Crippen LogP contribution is 2.38. The second-order valence-electron chi connectivity index (χ2n) is 9.43. The van der Waals surface area contributed by atoms with Gasteiger partial charge in [-0.2, -0.15) is 26.3 Å². The van der Waals surface area contributed by atoms with Gasteiger partial charge in [0.25, 0.3) is 0 Å². The Hall–Kier alpha value is -4.01. The molecule has 4 N–H and O–H groups in total. The molecule has 2 rings (SSSR count). The maximum atomic E-state index is 13.4. The van der Waals surface area contributed by atoms with E-state index in [4.69, 9.17) is 0 Å². The Bertz CT molecular complexity index is 1330. The van der Waals surface area contributed by atoms with Gasteiger partial charge in [-0.05, 0) is 0 Å². The number of ketones is 1. The number of aromatic nitrogens is 4. The van der Waals surface area contributed by atoms with Crippen molar-refractivity contribution in [3.05, 3.63) is 47.6 Å². The fourth-order valence-corrected chi connectivity index (χ4v) is 6.08. The first kappa shape index (κ1) is 38.2. The molecule has 2 aromatic heterocycles. The molecule has 4 unspecified atom stereocenters. The van der Waals surface area contributed by atoms with Gasteiger partial charge in [-0.25, -0.2) is 19.6 Å². The molecule has 13 nitrogen and oxygen atoms in total. The van der Waals surface area contributed by atoms with Crippen molar-refractivity contribution in [2.75, 3.05) is 11.5 Å². The fraction of sp³-hybridized carbons (Fsp3) is 0.480. The molecule has 0 saturated carbocycles. The van der Waals surface area contributed by atoms with Gasteiger partial charge in [0, 0.05) is 50.6 Å². The van der Waals surface area contributed by atoms with Crippen LogP contribution in [0.4, 0.5) is 26.3 Å². The van der Waals surface area contributed by atoms with Crippen molar-refractivity contribution in [2.45, 2.75) is 61.6 Å². The molecular formula is C25H26F6N6O7S2. The standard InChI is InChI=1S/C25H26F6N6O7S2/c1-11(38)34-16(22(41)42)9-45-18(14-5-32-7-20(36-14)24(26,27)28)3-13(40)4-19(46-10-17(23(43)44)35-12(2)39)15-6-33-8-21(37-15)25(29,30)31/h5-8,16-19H,3-4,9-10H2,1-2H3,(H,34,38)(H,35,39)(H,41,42)(H,43,44). The number of nitrogens with zero attached hydrogens (tertiary/aromatic N) is 4. The van der Waals surface area contributed by atoms with E-state index in [1.165, 1.54) is 0 Å². The van der Waals surface area contributed by atoms with Crippen LogP contribution in [-0.4, -0.2) is 83.3 Å². The molecule has 21 heteroatoms. The highest BCUT2D eigenvalue weighted by atomic mass is 32.2. The number of carboxylic acid groups (broad SMARTS) is 2. The Morgan fingerprint density at radius 2 is 1.04 bits per heavy atom. The van der Waals surface area contributed by atoms with Gasteiger partial charge in [0.15, 0.2) is 11.4 Å². The van der Waals surface area contributed by atoms with Gasteiger partial charge in [0.05, 0.1) is 34.3 Å². The van der Waals surface area contributed by atoms with E-state index in [-0.39, 0.29) is 11.4 Å². The summed E-state index contributed by atoms with van der Waals surface area (Å²) in [4.78, 5) is 73.4. The van der Waals surface area contributed by atoms with Crippen LogP contribution >= 0.6 is 23.5 Å². The number of hydrogen-bond acceptors (Lipinski definition) is 11. The predicted octanol–water partition coefficient (Wildman–Crippen LogP) is 3.08. The maximum absolute atomic E-state index is 13.4. The van der Waals surface area contributed by atoms with Crippen molar-refractivity contribution in [1.82, 2.24) is 30.6 Å². The minimum Gasteiger partial charge on any atom is -0.480 e. The molecule has 0 aliphatic carbocycles.